The van der Waals surface area contributed by atoms with Crippen LogP contribution in [0.1, 0.15) is 64.4 Å². The van der Waals surface area contributed by atoms with Gasteiger partial charge >= 0.3 is 11.4 Å². The van der Waals surface area contributed by atoms with Crippen LogP contribution in [0.2, 0.25) is 0 Å². The van der Waals surface area contributed by atoms with Gasteiger partial charge in [0.15, 0.2) is 6.34 Å². The predicted octanol–water partition coefficient (Wildman–Crippen LogP) is 7.00. The van der Waals surface area contributed by atoms with Gasteiger partial charge in [0, 0.05) is 15.4 Å². The maximum atomic E-state index is 14.0. The fourth-order valence-electron chi connectivity index (χ4n) is 3.98. The van der Waals surface area contributed by atoms with Crippen LogP contribution < -0.4 is 16.8 Å². The number of benzene rings is 2. The molecule has 1 aromatic heterocycles. The number of rotatable bonds is 15. The molecule has 2 unspecified atom stereocenters. The van der Waals surface area contributed by atoms with Crippen molar-refractivity contribution in [3.63, 3.8) is 0 Å². The summed E-state index contributed by atoms with van der Waals surface area (Å²) in [6.07, 6.45) is 6.32. The molecule has 0 fully saturated rings. The smallest absolute Gasteiger partial charge is 0.312 e. The topological polar surface area (TPSA) is 74.2 Å². The molecule has 1 heterocycles. The van der Waals surface area contributed by atoms with Crippen LogP contribution >= 0.6 is 40.3 Å². The Morgan fingerprint density at radius 3 is 2.36 bits per heavy atom. The second-order valence-corrected chi connectivity index (χ2v) is 16.1. The summed E-state index contributed by atoms with van der Waals surface area (Å²) >= 11 is 3.62. The second-order valence-electron chi connectivity index (χ2n) is 8.98. The zero-order chi connectivity index (χ0) is 26.0. The molecule has 0 aliphatic heterocycles. The highest BCUT2D eigenvalue weighted by Gasteiger charge is 2.27. The normalized spacial score (nSPS) is 14.0. The average Bonchev–Trinajstić information content (AvgIpc) is 3.19. The fourth-order valence-corrected chi connectivity index (χ4v) is 9.19. The van der Waals surface area contributed by atoms with Crippen molar-refractivity contribution in [3.8, 4) is 5.69 Å². The molecule has 2 aromatic carbocycles. The number of alkyl halides is 1. The van der Waals surface area contributed by atoms with Gasteiger partial charge in [0.1, 0.15) is 0 Å². The SMILES string of the molecule is CCCCCCc1ccc(-n2oc(=O)n(CSP(=O)(CCCC(I)CC)c3ccccc3)c2=O)cc1. The van der Waals surface area contributed by atoms with Crippen LogP contribution in [0.5, 0.6) is 0 Å². The van der Waals surface area contributed by atoms with E-state index in [1.54, 1.807) is 12.1 Å². The molecule has 0 saturated carbocycles. The average molecular weight is 643 g/mol. The van der Waals surface area contributed by atoms with Crippen molar-refractivity contribution in [2.24, 2.45) is 0 Å². The van der Waals surface area contributed by atoms with Gasteiger partial charge in [-0.3, -0.25) is 0 Å². The Labute approximate surface area is 231 Å². The van der Waals surface area contributed by atoms with E-state index in [2.05, 4.69) is 36.4 Å². The lowest BCUT2D eigenvalue weighted by Crippen LogP contribution is -2.27. The lowest BCUT2D eigenvalue weighted by atomic mass is 10.1. The van der Waals surface area contributed by atoms with E-state index >= 15 is 0 Å². The van der Waals surface area contributed by atoms with Gasteiger partial charge in [-0.2, -0.15) is 0 Å². The van der Waals surface area contributed by atoms with E-state index in [0.29, 0.717) is 15.8 Å². The van der Waals surface area contributed by atoms with E-state index in [4.69, 9.17) is 4.52 Å². The molecular weight excluding hydrogens is 606 g/mol. The van der Waals surface area contributed by atoms with Gasteiger partial charge in [0.25, 0.3) is 0 Å². The Morgan fingerprint density at radius 1 is 0.972 bits per heavy atom. The quantitative estimate of drug-likeness (QED) is 0.0773. The lowest BCUT2D eigenvalue weighted by Gasteiger charge is -2.18. The number of unbranched alkanes of at least 4 members (excludes halogenated alkanes) is 3. The molecule has 0 spiro atoms. The van der Waals surface area contributed by atoms with E-state index < -0.39 is 17.8 Å². The van der Waals surface area contributed by atoms with Crippen LogP contribution in [0.4, 0.5) is 0 Å². The van der Waals surface area contributed by atoms with Gasteiger partial charge in [0.05, 0.1) is 11.6 Å². The number of halogens is 1. The van der Waals surface area contributed by atoms with E-state index in [1.165, 1.54) is 36.2 Å². The van der Waals surface area contributed by atoms with E-state index in [0.717, 1.165) is 46.7 Å². The van der Waals surface area contributed by atoms with Gasteiger partial charge < -0.3 is 9.09 Å². The molecule has 0 bridgehead atoms. The molecule has 9 heteroatoms. The Kier molecular flexibility index (Phi) is 11.6. The first-order valence-corrected chi connectivity index (χ1v) is 17.5. The Balaban J connectivity index is 1.74. The molecule has 2 atom stereocenters. The third-order valence-electron chi connectivity index (χ3n) is 6.24. The summed E-state index contributed by atoms with van der Waals surface area (Å²) in [5.74, 6) is -0.758. The highest BCUT2D eigenvalue weighted by Crippen LogP contribution is 2.58. The Hall–Kier alpha value is -1.51. The third-order valence-corrected chi connectivity index (χ3v) is 13.3. The van der Waals surface area contributed by atoms with Crippen molar-refractivity contribution >= 4 is 45.6 Å². The van der Waals surface area contributed by atoms with Crippen LogP contribution in [-0.2, 0) is 16.9 Å². The Bertz CT molecular complexity index is 1240. The summed E-state index contributed by atoms with van der Waals surface area (Å²) in [6.45, 7) is 4.35. The molecule has 0 N–H and O–H groups in total. The number of nitrogens with zero attached hydrogens (tertiary/aromatic N) is 2. The van der Waals surface area contributed by atoms with Crippen molar-refractivity contribution < 1.29 is 9.09 Å². The predicted molar refractivity (Wildman–Crippen MR) is 160 cm³/mol. The standard InChI is InChI=1S/C27H36IN2O4PS/c1-3-5-6-8-12-22-16-18-24(19-17-22)30-26(31)29(27(32)34-30)21-36-35(33,20-11-13-23(28)4-2)25-14-9-7-10-15-25/h7,9-10,14-19,23H,3-6,8,11-13,20-21H2,1-2H3. The van der Waals surface area contributed by atoms with Crippen LogP contribution in [0.15, 0.2) is 68.7 Å². The highest BCUT2D eigenvalue weighted by atomic mass is 127. The minimum absolute atomic E-state index is 0.0166. The summed E-state index contributed by atoms with van der Waals surface area (Å²) in [6, 6.07) is 16.9. The first kappa shape index (κ1) is 29.1. The van der Waals surface area contributed by atoms with Gasteiger partial charge in [-0.15, -0.1) is 4.74 Å². The van der Waals surface area contributed by atoms with Crippen LogP contribution in [0.3, 0.4) is 0 Å². The molecule has 0 aliphatic carbocycles. The fraction of sp³-hybridized carbons (Fsp3) is 0.481. The zero-order valence-corrected chi connectivity index (χ0v) is 25.0. The maximum absolute atomic E-state index is 14.0. The van der Waals surface area contributed by atoms with Gasteiger partial charge in [-0.1, -0.05) is 110 Å². The van der Waals surface area contributed by atoms with Crippen molar-refractivity contribution in [2.45, 2.75) is 75.0 Å². The van der Waals surface area contributed by atoms with E-state index in [-0.39, 0.29) is 5.88 Å². The number of aryl methyl sites for hydroxylation is 1. The van der Waals surface area contributed by atoms with Crippen molar-refractivity contribution in [1.82, 2.24) is 9.31 Å². The number of hydrogen-bond donors (Lipinski definition) is 0. The van der Waals surface area contributed by atoms with Crippen molar-refractivity contribution in [3.05, 3.63) is 81.2 Å². The maximum Gasteiger partial charge on any atom is 0.443 e. The largest absolute Gasteiger partial charge is 0.443 e. The monoisotopic (exact) mass is 642 g/mol. The molecule has 0 saturated heterocycles. The summed E-state index contributed by atoms with van der Waals surface area (Å²) < 4.78 is 21.9. The van der Waals surface area contributed by atoms with Gasteiger partial charge in [-0.05, 0) is 49.8 Å². The third kappa shape index (κ3) is 7.99. The van der Waals surface area contributed by atoms with Crippen molar-refractivity contribution in [1.29, 1.82) is 0 Å². The lowest BCUT2D eigenvalue weighted by molar-refractivity contribution is 0.312. The summed E-state index contributed by atoms with van der Waals surface area (Å²) in [5, 5.41) is 0.767. The van der Waals surface area contributed by atoms with Crippen molar-refractivity contribution in [2.75, 3.05) is 6.16 Å². The molecule has 0 amide bonds. The van der Waals surface area contributed by atoms with E-state index in [9.17, 15) is 14.2 Å². The first-order valence-electron chi connectivity index (χ1n) is 12.7. The molecule has 196 valence electrons. The van der Waals surface area contributed by atoms with Crippen LogP contribution in [-0.4, -0.2) is 19.4 Å². The van der Waals surface area contributed by atoms with E-state index in [1.807, 2.05) is 42.5 Å². The summed E-state index contributed by atoms with van der Waals surface area (Å²) in [4.78, 5) is 25.6. The number of hydrogen-bond acceptors (Lipinski definition) is 5. The minimum atomic E-state index is -2.87. The molecule has 36 heavy (non-hydrogen) atoms. The summed E-state index contributed by atoms with van der Waals surface area (Å²) in [7, 11) is 0. The Morgan fingerprint density at radius 2 is 1.69 bits per heavy atom. The summed E-state index contributed by atoms with van der Waals surface area (Å²) in [5.41, 5.74) is 1.15. The van der Waals surface area contributed by atoms with Crippen LogP contribution in [0.25, 0.3) is 5.69 Å². The van der Waals surface area contributed by atoms with Crippen LogP contribution in [0, 0.1) is 0 Å². The van der Waals surface area contributed by atoms with Gasteiger partial charge in [-0.25, -0.2) is 14.2 Å². The molecule has 0 radical (unpaired) electrons. The van der Waals surface area contributed by atoms with Gasteiger partial charge in [0.2, 0.25) is 0 Å². The minimum Gasteiger partial charge on any atom is -0.312 e. The second kappa shape index (κ2) is 14.4. The molecule has 0 aliphatic rings. The molecule has 3 aromatic rings. The molecule has 6 nitrogen and oxygen atoms in total. The first-order chi connectivity index (χ1) is 17.4. The molecular formula is C27H36IN2O4PS. The number of aromatic nitrogens is 2. The molecule has 3 rings (SSSR count). The zero-order valence-electron chi connectivity index (χ0n) is 21.1. The highest BCUT2D eigenvalue weighted by molar-refractivity contribution is 14.1.